The molecule has 0 aliphatic heterocycles. The minimum absolute atomic E-state index is 0.184. The Labute approximate surface area is 97.0 Å². The quantitative estimate of drug-likeness (QED) is 0.540. The Morgan fingerprint density at radius 3 is 2.76 bits per heavy atom. The van der Waals surface area contributed by atoms with Gasteiger partial charge in [0.2, 0.25) is 0 Å². The third-order valence-corrected chi connectivity index (χ3v) is 2.02. The molecule has 1 aromatic heterocycles. The van der Waals surface area contributed by atoms with Gasteiger partial charge < -0.3 is 5.11 Å². The van der Waals surface area contributed by atoms with Gasteiger partial charge in [0.15, 0.2) is 0 Å². The number of phenolic OH excluding ortho intramolecular Hbond substituents is 1. The zero-order chi connectivity index (χ0) is 12.1. The van der Waals surface area contributed by atoms with Crippen LogP contribution in [0.3, 0.4) is 0 Å². The first-order valence-electron chi connectivity index (χ1n) is 4.87. The summed E-state index contributed by atoms with van der Waals surface area (Å²) in [4.78, 5) is 11.4. The van der Waals surface area contributed by atoms with Crippen molar-refractivity contribution in [3.05, 3.63) is 47.8 Å². The summed E-state index contributed by atoms with van der Waals surface area (Å²) in [7, 11) is 0. The zero-order valence-corrected chi connectivity index (χ0v) is 8.79. The van der Waals surface area contributed by atoms with Gasteiger partial charge in [-0.15, -0.1) is 0 Å². The molecule has 2 aromatic rings. The maximum Gasteiger partial charge on any atom is 0.289 e. The first kappa shape index (κ1) is 10.9. The fourth-order valence-corrected chi connectivity index (χ4v) is 1.17. The lowest BCUT2D eigenvalue weighted by Gasteiger charge is -1.96. The van der Waals surface area contributed by atoms with Crippen LogP contribution >= 0.6 is 0 Å². The van der Waals surface area contributed by atoms with Gasteiger partial charge in [-0.3, -0.25) is 9.89 Å². The summed E-state index contributed by atoms with van der Waals surface area (Å²) >= 11 is 0. The summed E-state index contributed by atoms with van der Waals surface area (Å²) in [6.45, 7) is 0. The number of nitrogens with zero attached hydrogens (tertiary/aromatic N) is 2. The Hall–Kier alpha value is -2.63. The van der Waals surface area contributed by atoms with E-state index in [0.29, 0.717) is 5.69 Å². The van der Waals surface area contributed by atoms with E-state index in [1.54, 1.807) is 18.2 Å². The second kappa shape index (κ2) is 4.93. The molecule has 6 nitrogen and oxygen atoms in total. The molecule has 1 aromatic carbocycles. The standard InChI is InChI=1S/C11H10N4O2/c16-9-3-1-8(2-4-9)7-13-15-11(17)10-5-6-12-14-10/h1-7,16H,(H,12,14)(H,15,17)/b13-7-. The lowest BCUT2D eigenvalue weighted by Crippen LogP contribution is -2.17. The van der Waals surface area contributed by atoms with Crippen molar-refractivity contribution in [3.63, 3.8) is 0 Å². The number of carbonyl (C=O) groups excluding carboxylic acids is 1. The highest BCUT2D eigenvalue weighted by Crippen LogP contribution is 2.07. The molecular formula is C11H10N4O2. The van der Waals surface area contributed by atoms with Crippen LogP contribution in [0.5, 0.6) is 5.75 Å². The minimum atomic E-state index is -0.363. The SMILES string of the molecule is O=C(N/N=C\c1ccc(O)cc1)c1ccn[nH]1. The summed E-state index contributed by atoms with van der Waals surface area (Å²) < 4.78 is 0. The molecule has 0 aliphatic rings. The van der Waals surface area contributed by atoms with Crippen molar-refractivity contribution in [1.29, 1.82) is 0 Å². The van der Waals surface area contributed by atoms with Crippen LogP contribution in [0.1, 0.15) is 16.1 Å². The molecule has 0 fully saturated rings. The van der Waals surface area contributed by atoms with E-state index in [4.69, 9.17) is 5.11 Å². The van der Waals surface area contributed by atoms with Crippen LogP contribution in [-0.2, 0) is 0 Å². The van der Waals surface area contributed by atoms with Crippen LogP contribution in [0.25, 0.3) is 0 Å². The number of hydrogen-bond acceptors (Lipinski definition) is 4. The van der Waals surface area contributed by atoms with Gasteiger partial charge in [0.25, 0.3) is 5.91 Å². The largest absolute Gasteiger partial charge is 0.508 e. The number of aromatic amines is 1. The van der Waals surface area contributed by atoms with E-state index in [0.717, 1.165) is 5.56 Å². The molecule has 3 N–H and O–H groups in total. The number of H-pyrrole nitrogens is 1. The molecule has 0 bridgehead atoms. The molecule has 2 rings (SSSR count). The Kier molecular flexibility index (Phi) is 3.15. The van der Waals surface area contributed by atoms with Gasteiger partial charge >= 0.3 is 0 Å². The molecule has 1 heterocycles. The highest BCUT2D eigenvalue weighted by molar-refractivity contribution is 5.92. The molecule has 6 heteroatoms. The van der Waals surface area contributed by atoms with E-state index >= 15 is 0 Å². The first-order chi connectivity index (χ1) is 8.25. The summed E-state index contributed by atoms with van der Waals surface area (Å²) in [6, 6.07) is 7.99. The van der Waals surface area contributed by atoms with Crippen molar-refractivity contribution in [2.24, 2.45) is 5.10 Å². The monoisotopic (exact) mass is 230 g/mol. The molecule has 17 heavy (non-hydrogen) atoms. The van der Waals surface area contributed by atoms with Crippen molar-refractivity contribution >= 4 is 12.1 Å². The van der Waals surface area contributed by atoms with Gasteiger partial charge in [0.1, 0.15) is 11.4 Å². The number of hydrazone groups is 1. The number of hydrogen-bond donors (Lipinski definition) is 3. The average Bonchev–Trinajstić information content (AvgIpc) is 2.85. The van der Waals surface area contributed by atoms with Gasteiger partial charge in [-0.1, -0.05) is 0 Å². The van der Waals surface area contributed by atoms with Crippen molar-refractivity contribution in [3.8, 4) is 5.75 Å². The summed E-state index contributed by atoms with van der Waals surface area (Å²) in [5.74, 6) is -0.179. The number of rotatable bonds is 3. The average molecular weight is 230 g/mol. The Balaban J connectivity index is 1.94. The smallest absolute Gasteiger partial charge is 0.289 e. The lowest BCUT2D eigenvalue weighted by molar-refractivity contribution is 0.0950. The van der Waals surface area contributed by atoms with Crippen LogP contribution < -0.4 is 5.43 Å². The van der Waals surface area contributed by atoms with Gasteiger partial charge in [-0.25, -0.2) is 5.43 Å². The summed E-state index contributed by atoms with van der Waals surface area (Å²) in [5.41, 5.74) is 3.46. The molecule has 0 saturated carbocycles. The van der Waals surface area contributed by atoms with E-state index in [1.165, 1.54) is 24.5 Å². The highest BCUT2D eigenvalue weighted by atomic mass is 16.3. The predicted octanol–water partition coefficient (Wildman–Crippen LogP) is 0.879. The molecule has 0 spiro atoms. The molecule has 1 amide bonds. The van der Waals surface area contributed by atoms with Crippen LogP contribution in [0.15, 0.2) is 41.6 Å². The lowest BCUT2D eigenvalue weighted by atomic mass is 10.2. The predicted molar refractivity (Wildman–Crippen MR) is 61.8 cm³/mol. The number of carbonyl (C=O) groups is 1. The number of aromatic nitrogens is 2. The van der Waals surface area contributed by atoms with E-state index in [-0.39, 0.29) is 11.7 Å². The second-order valence-electron chi connectivity index (χ2n) is 3.26. The van der Waals surface area contributed by atoms with Crippen LogP contribution in [0.4, 0.5) is 0 Å². The zero-order valence-electron chi connectivity index (χ0n) is 8.79. The van der Waals surface area contributed by atoms with Crippen LogP contribution in [0.2, 0.25) is 0 Å². The number of aromatic hydroxyl groups is 1. The second-order valence-corrected chi connectivity index (χ2v) is 3.26. The molecule has 0 aliphatic carbocycles. The highest BCUT2D eigenvalue weighted by Gasteiger charge is 2.03. The molecule has 0 saturated heterocycles. The fourth-order valence-electron chi connectivity index (χ4n) is 1.17. The maximum absolute atomic E-state index is 11.4. The van der Waals surface area contributed by atoms with E-state index in [9.17, 15) is 4.79 Å². The number of phenols is 1. The molecular weight excluding hydrogens is 220 g/mol. The Morgan fingerprint density at radius 1 is 1.35 bits per heavy atom. The minimum Gasteiger partial charge on any atom is -0.508 e. The first-order valence-corrected chi connectivity index (χ1v) is 4.87. The normalized spacial score (nSPS) is 10.6. The van der Waals surface area contributed by atoms with Gasteiger partial charge in [0, 0.05) is 6.20 Å². The van der Waals surface area contributed by atoms with Crippen molar-refractivity contribution in [2.75, 3.05) is 0 Å². The van der Waals surface area contributed by atoms with Crippen LogP contribution in [0, 0.1) is 0 Å². The summed E-state index contributed by atoms with van der Waals surface area (Å²) in [5, 5.41) is 19.0. The van der Waals surface area contributed by atoms with Gasteiger partial charge in [-0.2, -0.15) is 10.2 Å². The molecule has 0 unspecified atom stereocenters. The van der Waals surface area contributed by atoms with Crippen molar-refractivity contribution in [2.45, 2.75) is 0 Å². The third kappa shape index (κ3) is 2.91. The van der Waals surface area contributed by atoms with Crippen molar-refractivity contribution < 1.29 is 9.90 Å². The molecule has 0 radical (unpaired) electrons. The Bertz CT molecular complexity index is 517. The molecule has 0 atom stereocenters. The number of amides is 1. The fraction of sp³-hybridized carbons (Fsp3) is 0. The summed E-state index contributed by atoms with van der Waals surface area (Å²) in [6.07, 6.45) is 2.96. The third-order valence-electron chi connectivity index (χ3n) is 2.02. The molecule has 86 valence electrons. The van der Waals surface area contributed by atoms with E-state index in [1.807, 2.05) is 0 Å². The van der Waals surface area contributed by atoms with Gasteiger partial charge in [-0.05, 0) is 35.9 Å². The topological polar surface area (TPSA) is 90.4 Å². The number of benzene rings is 1. The van der Waals surface area contributed by atoms with Crippen LogP contribution in [-0.4, -0.2) is 27.4 Å². The Morgan fingerprint density at radius 2 is 2.12 bits per heavy atom. The van der Waals surface area contributed by atoms with Crippen molar-refractivity contribution in [1.82, 2.24) is 15.6 Å². The number of nitrogens with one attached hydrogen (secondary N) is 2. The van der Waals surface area contributed by atoms with E-state index < -0.39 is 0 Å². The maximum atomic E-state index is 11.4. The van der Waals surface area contributed by atoms with E-state index in [2.05, 4.69) is 20.7 Å². The van der Waals surface area contributed by atoms with Gasteiger partial charge in [0.05, 0.1) is 6.21 Å².